The highest BCUT2D eigenvalue weighted by atomic mass is 16.5. The predicted molar refractivity (Wildman–Crippen MR) is 109 cm³/mol. The van der Waals surface area contributed by atoms with E-state index in [4.69, 9.17) is 4.52 Å². The van der Waals surface area contributed by atoms with Gasteiger partial charge < -0.3 is 14.3 Å². The molecule has 3 heterocycles. The summed E-state index contributed by atoms with van der Waals surface area (Å²) in [7, 11) is 1.70. The van der Waals surface area contributed by atoms with Crippen molar-refractivity contribution in [2.45, 2.75) is 58.0 Å². The number of aryl methyl sites for hydroxylation is 2. The normalized spacial score (nSPS) is 22.4. The fourth-order valence-electron chi connectivity index (χ4n) is 5.01. The minimum absolute atomic E-state index is 0.157. The summed E-state index contributed by atoms with van der Waals surface area (Å²) in [5.41, 5.74) is 1.27. The second-order valence-corrected chi connectivity index (χ2v) is 8.78. The van der Waals surface area contributed by atoms with Crippen LogP contribution in [0.5, 0.6) is 0 Å². The summed E-state index contributed by atoms with van der Waals surface area (Å²) >= 11 is 0. The number of likely N-dealkylation sites (N-methyl/N-ethyl adjacent to an activating group) is 1. The van der Waals surface area contributed by atoms with E-state index in [1.54, 1.807) is 16.8 Å². The first kappa shape index (κ1) is 20.8. The van der Waals surface area contributed by atoms with Crippen LogP contribution in [0.15, 0.2) is 4.52 Å². The van der Waals surface area contributed by atoms with Crippen molar-refractivity contribution in [2.75, 3.05) is 39.8 Å². The highest BCUT2D eigenvalue weighted by Gasteiger charge is 2.56. The SMILES string of the molecule is Cc1noc(C)c1CN1CCN(C(=O)CN2C(=O)N(C)C3(CCCCC3)C2=O)CC1. The van der Waals surface area contributed by atoms with Gasteiger partial charge in [0.2, 0.25) is 5.91 Å². The summed E-state index contributed by atoms with van der Waals surface area (Å²) in [6.07, 6.45) is 4.36. The molecule has 4 rings (SSSR count). The molecule has 4 amide bonds. The molecule has 0 aromatic carbocycles. The highest BCUT2D eigenvalue weighted by Crippen LogP contribution is 2.39. The van der Waals surface area contributed by atoms with Gasteiger partial charge >= 0.3 is 6.03 Å². The van der Waals surface area contributed by atoms with Crippen LogP contribution in [0.2, 0.25) is 0 Å². The lowest BCUT2D eigenvalue weighted by atomic mass is 9.81. The summed E-state index contributed by atoms with van der Waals surface area (Å²) < 4.78 is 5.23. The number of rotatable bonds is 4. The highest BCUT2D eigenvalue weighted by molar-refractivity contribution is 6.08. The van der Waals surface area contributed by atoms with Crippen LogP contribution in [-0.4, -0.2) is 87.9 Å². The van der Waals surface area contributed by atoms with E-state index in [-0.39, 0.29) is 24.4 Å². The molecule has 0 N–H and O–H groups in total. The maximum absolute atomic E-state index is 13.1. The molecule has 0 atom stereocenters. The monoisotopic (exact) mass is 417 g/mol. The molecule has 3 fully saturated rings. The van der Waals surface area contributed by atoms with Gasteiger partial charge in [-0.3, -0.25) is 19.4 Å². The van der Waals surface area contributed by atoms with Gasteiger partial charge in [0.05, 0.1) is 5.69 Å². The molecule has 30 heavy (non-hydrogen) atoms. The van der Waals surface area contributed by atoms with Crippen LogP contribution in [0, 0.1) is 13.8 Å². The van der Waals surface area contributed by atoms with E-state index >= 15 is 0 Å². The van der Waals surface area contributed by atoms with Gasteiger partial charge in [-0.2, -0.15) is 0 Å². The van der Waals surface area contributed by atoms with Crippen LogP contribution < -0.4 is 0 Å². The van der Waals surface area contributed by atoms with E-state index in [0.29, 0.717) is 25.9 Å². The van der Waals surface area contributed by atoms with Gasteiger partial charge in [-0.25, -0.2) is 4.79 Å². The predicted octanol–water partition coefficient (Wildman–Crippen LogP) is 1.53. The third kappa shape index (κ3) is 3.49. The van der Waals surface area contributed by atoms with E-state index in [1.807, 2.05) is 13.8 Å². The number of carbonyl (C=O) groups is 3. The second-order valence-electron chi connectivity index (χ2n) is 8.78. The zero-order valence-electron chi connectivity index (χ0n) is 18.1. The van der Waals surface area contributed by atoms with Gasteiger partial charge in [-0.15, -0.1) is 0 Å². The average molecular weight is 418 g/mol. The molecule has 1 aliphatic carbocycles. The maximum atomic E-state index is 13.1. The van der Waals surface area contributed by atoms with Crippen molar-refractivity contribution in [1.29, 1.82) is 0 Å². The summed E-state index contributed by atoms with van der Waals surface area (Å²) in [6.45, 7) is 7.08. The molecular weight excluding hydrogens is 386 g/mol. The minimum atomic E-state index is -0.733. The van der Waals surface area contributed by atoms with Crippen molar-refractivity contribution in [2.24, 2.45) is 0 Å². The summed E-state index contributed by atoms with van der Waals surface area (Å²) in [6, 6.07) is -0.340. The first-order valence-electron chi connectivity index (χ1n) is 10.8. The van der Waals surface area contributed by atoms with E-state index in [1.165, 1.54) is 4.90 Å². The molecule has 0 unspecified atom stereocenters. The second kappa shape index (κ2) is 8.02. The van der Waals surface area contributed by atoms with Gasteiger partial charge in [0.15, 0.2) is 0 Å². The number of hydrogen-bond donors (Lipinski definition) is 0. The Hall–Kier alpha value is -2.42. The van der Waals surface area contributed by atoms with Gasteiger partial charge in [-0.05, 0) is 26.7 Å². The number of amides is 4. The summed E-state index contributed by atoms with van der Waals surface area (Å²) in [4.78, 5) is 45.5. The first-order chi connectivity index (χ1) is 14.3. The Morgan fingerprint density at radius 1 is 1.07 bits per heavy atom. The molecule has 1 aromatic rings. The molecule has 1 saturated carbocycles. The largest absolute Gasteiger partial charge is 0.361 e. The Balaban J connectivity index is 1.34. The number of imide groups is 1. The maximum Gasteiger partial charge on any atom is 0.327 e. The Morgan fingerprint density at radius 2 is 1.73 bits per heavy atom. The van der Waals surface area contributed by atoms with Crippen LogP contribution in [0.3, 0.4) is 0 Å². The van der Waals surface area contributed by atoms with Gasteiger partial charge in [-0.1, -0.05) is 24.4 Å². The van der Waals surface area contributed by atoms with Gasteiger partial charge in [0.25, 0.3) is 5.91 Å². The zero-order valence-corrected chi connectivity index (χ0v) is 18.1. The Labute approximate surface area is 176 Å². The van der Waals surface area contributed by atoms with Crippen LogP contribution in [0.1, 0.15) is 49.1 Å². The number of aromatic nitrogens is 1. The molecule has 2 saturated heterocycles. The molecule has 164 valence electrons. The lowest BCUT2D eigenvalue weighted by molar-refractivity contribution is -0.141. The zero-order chi connectivity index (χ0) is 21.5. The Bertz CT molecular complexity index is 817. The number of urea groups is 1. The lowest BCUT2D eigenvalue weighted by Gasteiger charge is -2.36. The van der Waals surface area contributed by atoms with E-state index in [0.717, 1.165) is 55.9 Å². The van der Waals surface area contributed by atoms with Crippen molar-refractivity contribution in [3.8, 4) is 0 Å². The van der Waals surface area contributed by atoms with Gasteiger partial charge in [0.1, 0.15) is 17.8 Å². The molecule has 9 nitrogen and oxygen atoms in total. The summed E-state index contributed by atoms with van der Waals surface area (Å²) in [5, 5.41) is 4.00. The van der Waals surface area contributed by atoms with Crippen molar-refractivity contribution < 1.29 is 18.9 Å². The summed E-state index contributed by atoms with van der Waals surface area (Å²) in [5.74, 6) is 0.480. The average Bonchev–Trinajstić information content (AvgIpc) is 3.15. The smallest absolute Gasteiger partial charge is 0.327 e. The third-order valence-corrected chi connectivity index (χ3v) is 7.07. The molecule has 9 heteroatoms. The van der Waals surface area contributed by atoms with Crippen LogP contribution in [0.25, 0.3) is 0 Å². The van der Waals surface area contributed by atoms with Crippen LogP contribution in [-0.2, 0) is 16.1 Å². The molecule has 1 aromatic heterocycles. The fourth-order valence-corrected chi connectivity index (χ4v) is 5.01. The third-order valence-electron chi connectivity index (χ3n) is 7.07. The minimum Gasteiger partial charge on any atom is -0.361 e. The number of nitrogens with zero attached hydrogens (tertiary/aromatic N) is 5. The van der Waals surface area contributed by atoms with Crippen LogP contribution in [0.4, 0.5) is 4.79 Å². The van der Waals surface area contributed by atoms with Gasteiger partial charge in [0, 0.05) is 45.3 Å². The molecule has 3 aliphatic rings. The molecular formula is C21H31N5O4. The van der Waals surface area contributed by atoms with E-state index < -0.39 is 5.54 Å². The Kier molecular flexibility index (Phi) is 5.57. The number of carbonyl (C=O) groups excluding carboxylic acids is 3. The van der Waals surface area contributed by atoms with E-state index in [2.05, 4.69) is 10.1 Å². The quantitative estimate of drug-likeness (QED) is 0.690. The number of hydrogen-bond acceptors (Lipinski definition) is 6. The standard InChI is InChI=1S/C21H31N5O4/c1-15-17(16(2)30-22-15)13-24-9-11-25(12-10-24)18(27)14-26-19(28)21(23(3)20(26)29)7-5-4-6-8-21/h4-14H2,1-3H3. The Morgan fingerprint density at radius 3 is 2.33 bits per heavy atom. The van der Waals surface area contributed by atoms with Crippen LogP contribution >= 0.6 is 0 Å². The van der Waals surface area contributed by atoms with Crippen molar-refractivity contribution in [3.05, 3.63) is 17.0 Å². The van der Waals surface area contributed by atoms with Crippen molar-refractivity contribution >= 4 is 17.8 Å². The lowest BCUT2D eigenvalue weighted by Crippen LogP contribution is -2.52. The number of piperazine rings is 1. The molecule has 1 spiro atoms. The molecule has 0 bridgehead atoms. The van der Waals surface area contributed by atoms with Crippen molar-refractivity contribution in [3.63, 3.8) is 0 Å². The first-order valence-corrected chi connectivity index (χ1v) is 10.8. The molecule has 0 radical (unpaired) electrons. The van der Waals surface area contributed by atoms with E-state index in [9.17, 15) is 14.4 Å². The topological polar surface area (TPSA) is 90.2 Å². The fraction of sp³-hybridized carbons (Fsp3) is 0.714. The molecule has 2 aliphatic heterocycles. The van der Waals surface area contributed by atoms with Crippen molar-refractivity contribution in [1.82, 2.24) is 24.8 Å².